The number of rotatable bonds is 3. The first-order valence-corrected chi connectivity index (χ1v) is 6.22. The molecule has 6 heteroatoms. The van der Waals surface area contributed by atoms with Crippen LogP contribution in [0.1, 0.15) is 0 Å². The van der Waals surface area contributed by atoms with Crippen molar-refractivity contribution in [2.45, 2.75) is 5.25 Å². The van der Waals surface area contributed by atoms with Crippen LogP contribution in [0.4, 0.5) is 0 Å². The van der Waals surface area contributed by atoms with Gasteiger partial charge in [0.1, 0.15) is 0 Å². The molecule has 1 heterocycles. The topological polar surface area (TPSA) is 55.1 Å². The fourth-order valence-corrected chi connectivity index (χ4v) is 3.53. The molecule has 1 rings (SSSR count). The van der Waals surface area contributed by atoms with Gasteiger partial charge in [-0.25, -0.2) is 0 Å². The first-order chi connectivity index (χ1) is 5.84. The summed E-state index contributed by atoms with van der Waals surface area (Å²) in [5.41, 5.74) is 5.28. The van der Waals surface area contributed by atoms with Crippen LogP contribution in [-0.2, 0) is 4.79 Å². The van der Waals surface area contributed by atoms with Crippen molar-refractivity contribution < 1.29 is 4.79 Å². The van der Waals surface area contributed by atoms with E-state index in [1.165, 1.54) is 5.75 Å². The Kier molecular flexibility index (Phi) is 8.04. The predicted molar refractivity (Wildman–Crippen MR) is 62.9 cm³/mol. The summed E-state index contributed by atoms with van der Waals surface area (Å²) in [5, 5.41) is 2.95. The average Bonchev–Trinajstić information content (AvgIpc) is 2.15. The van der Waals surface area contributed by atoms with Crippen LogP contribution in [0.3, 0.4) is 0 Å². The van der Waals surface area contributed by atoms with Crippen molar-refractivity contribution in [2.75, 3.05) is 30.3 Å². The third kappa shape index (κ3) is 5.00. The summed E-state index contributed by atoms with van der Waals surface area (Å²) >= 11 is 3.60. The number of amides is 1. The molecule has 1 fully saturated rings. The first-order valence-electron chi connectivity index (χ1n) is 4.01. The zero-order chi connectivity index (χ0) is 8.81. The van der Waals surface area contributed by atoms with E-state index in [4.69, 9.17) is 5.73 Å². The van der Waals surface area contributed by atoms with Crippen molar-refractivity contribution in [3.63, 3.8) is 0 Å². The van der Waals surface area contributed by atoms with Crippen molar-refractivity contribution in [2.24, 2.45) is 5.73 Å². The summed E-state index contributed by atoms with van der Waals surface area (Å²) in [6, 6.07) is 0. The second kappa shape index (κ2) is 7.79. The number of hydrogen-bond donors (Lipinski definition) is 2. The van der Waals surface area contributed by atoms with Crippen LogP contribution in [-0.4, -0.2) is 41.5 Å². The lowest BCUT2D eigenvalue weighted by Gasteiger charge is -2.19. The van der Waals surface area contributed by atoms with Crippen LogP contribution < -0.4 is 11.1 Å². The van der Waals surface area contributed by atoms with Gasteiger partial charge in [0.05, 0.1) is 5.25 Å². The molecule has 13 heavy (non-hydrogen) atoms. The third-order valence-electron chi connectivity index (χ3n) is 1.55. The summed E-state index contributed by atoms with van der Waals surface area (Å²) in [6.45, 7) is 1.12. The Morgan fingerprint density at radius 1 is 1.54 bits per heavy atom. The van der Waals surface area contributed by atoms with Gasteiger partial charge in [-0.3, -0.25) is 4.79 Å². The summed E-state index contributed by atoms with van der Waals surface area (Å²) in [6.07, 6.45) is 0. The van der Waals surface area contributed by atoms with E-state index in [0.29, 0.717) is 13.1 Å². The van der Waals surface area contributed by atoms with Gasteiger partial charge < -0.3 is 11.1 Å². The van der Waals surface area contributed by atoms with Crippen molar-refractivity contribution in [1.29, 1.82) is 0 Å². The smallest absolute Gasteiger partial charge is 0.234 e. The lowest BCUT2D eigenvalue weighted by atomic mass is 10.4. The number of carbonyl (C=O) groups excluding carboxylic acids is 1. The molecule has 0 saturated carbocycles. The molecule has 3 N–H and O–H groups in total. The Morgan fingerprint density at radius 2 is 2.31 bits per heavy atom. The molecule has 0 radical (unpaired) electrons. The van der Waals surface area contributed by atoms with E-state index < -0.39 is 0 Å². The molecule has 1 aliphatic rings. The van der Waals surface area contributed by atoms with Gasteiger partial charge >= 0.3 is 0 Å². The second-order valence-electron chi connectivity index (χ2n) is 2.51. The van der Waals surface area contributed by atoms with E-state index in [9.17, 15) is 4.79 Å². The molecule has 0 aliphatic carbocycles. The first kappa shape index (κ1) is 13.4. The number of halogens is 1. The van der Waals surface area contributed by atoms with Crippen LogP contribution in [0.2, 0.25) is 0 Å². The molecule has 1 saturated heterocycles. The van der Waals surface area contributed by atoms with Crippen molar-refractivity contribution in [3.8, 4) is 0 Å². The number of thioether (sulfide) groups is 2. The largest absolute Gasteiger partial charge is 0.354 e. The van der Waals surface area contributed by atoms with Crippen molar-refractivity contribution >= 4 is 41.8 Å². The fourth-order valence-electron chi connectivity index (χ4n) is 0.948. The zero-order valence-electron chi connectivity index (χ0n) is 7.32. The Bertz CT molecular complexity index is 153. The fraction of sp³-hybridized carbons (Fsp3) is 0.857. The highest BCUT2D eigenvalue weighted by Gasteiger charge is 2.21. The van der Waals surface area contributed by atoms with Gasteiger partial charge in [-0.05, 0) is 0 Å². The molecule has 0 aromatic carbocycles. The van der Waals surface area contributed by atoms with Crippen LogP contribution in [0.25, 0.3) is 0 Å². The van der Waals surface area contributed by atoms with Crippen molar-refractivity contribution in [3.05, 3.63) is 0 Å². The Hall–Kier alpha value is 0.420. The predicted octanol–water partition coefficient (Wildman–Crippen LogP) is 0.332. The highest BCUT2D eigenvalue weighted by Crippen LogP contribution is 2.23. The minimum atomic E-state index is 0. The van der Waals surface area contributed by atoms with Gasteiger partial charge in [-0.15, -0.1) is 24.2 Å². The summed E-state index contributed by atoms with van der Waals surface area (Å²) in [7, 11) is 0. The maximum Gasteiger partial charge on any atom is 0.234 e. The Labute approximate surface area is 93.4 Å². The van der Waals surface area contributed by atoms with Gasteiger partial charge in [0, 0.05) is 30.3 Å². The lowest BCUT2D eigenvalue weighted by Crippen LogP contribution is -2.38. The van der Waals surface area contributed by atoms with E-state index in [1.807, 2.05) is 11.8 Å². The normalized spacial score (nSPS) is 21.8. The monoisotopic (exact) mass is 242 g/mol. The number of carbonyl (C=O) groups is 1. The summed E-state index contributed by atoms with van der Waals surface area (Å²) in [4.78, 5) is 11.4. The second-order valence-corrected chi connectivity index (χ2v) is 4.97. The van der Waals surface area contributed by atoms with E-state index in [-0.39, 0.29) is 23.6 Å². The molecule has 0 aromatic rings. The van der Waals surface area contributed by atoms with E-state index in [0.717, 1.165) is 11.5 Å². The number of hydrogen-bond acceptors (Lipinski definition) is 4. The summed E-state index contributed by atoms with van der Waals surface area (Å²) in [5.74, 6) is 3.36. The third-order valence-corrected chi connectivity index (χ3v) is 4.31. The molecule has 78 valence electrons. The quantitative estimate of drug-likeness (QED) is 0.749. The van der Waals surface area contributed by atoms with Gasteiger partial charge in [0.25, 0.3) is 0 Å². The lowest BCUT2D eigenvalue weighted by molar-refractivity contribution is -0.120. The van der Waals surface area contributed by atoms with Crippen LogP contribution >= 0.6 is 35.9 Å². The van der Waals surface area contributed by atoms with E-state index in [1.54, 1.807) is 11.8 Å². The maximum absolute atomic E-state index is 11.4. The molecule has 1 atom stereocenters. The zero-order valence-corrected chi connectivity index (χ0v) is 9.77. The van der Waals surface area contributed by atoms with Gasteiger partial charge in [-0.2, -0.15) is 11.8 Å². The standard InChI is InChI=1S/C7H14N2OS2.ClH/c8-1-2-9-7(10)6-5-11-3-4-12-6;/h6H,1-5,8H2,(H,9,10);1H. The van der Waals surface area contributed by atoms with Crippen LogP contribution in [0.5, 0.6) is 0 Å². The molecular weight excluding hydrogens is 228 g/mol. The SMILES string of the molecule is Cl.NCCNC(=O)C1CSCCS1. The van der Waals surface area contributed by atoms with E-state index in [2.05, 4.69) is 5.32 Å². The molecule has 0 aromatic heterocycles. The average molecular weight is 243 g/mol. The van der Waals surface area contributed by atoms with Gasteiger partial charge in [0.15, 0.2) is 0 Å². The minimum absolute atomic E-state index is 0. The number of nitrogens with two attached hydrogens (primary N) is 1. The molecule has 1 aliphatic heterocycles. The Morgan fingerprint density at radius 3 is 2.85 bits per heavy atom. The molecule has 0 bridgehead atoms. The van der Waals surface area contributed by atoms with Crippen molar-refractivity contribution in [1.82, 2.24) is 5.32 Å². The Balaban J connectivity index is 0.00000144. The maximum atomic E-state index is 11.4. The van der Waals surface area contributed by atoms with Crippen LogP contribution in [0.15, 0.2) is 0 Å². The molecule has 0 spiro atoms. The van der Waals surface area contributed by atoms with Gasteiger partial charge in [-0.1, -0.05) is 0 Å². The highest BCUT2D eigenvalue weighted by molar-refractivity contribution is 8.07. The van der Waals surface area contributed by atoms with Gasteiger partial charge in [0.2, 0.25) is 5.91 Å². The highest BCUT2D eigenvalue weighted by atomic mass is 35.5. The molecule has 1 amide bonds. The minimum Gasteiger partial charge on any atom is -0.354 e. The van der Waals surface area contributed by atoms with Crippen LogP contribution in [0, 0.1) is 0 Å². The molecular formula is C7H15ClN2OS2. The molecule has 3 nitrogen and oxygen atoms in total. The molecule has 1 unspecified atom stereocenters. The number of nitrogens with one attached hydrogen (secondary N) is 1. The van der Waals surface area contributed by atoms with E-state index >= 15 is 0 Å². The summed E-state index contributed by atoms with van der Waals surface area (Å²) < 4.78 is 0.